The van der Waals surface area contributed by atoms with Crippen LogP contribution in [0.5, 0.6) is 11.8 Å². The Labute approximate surface area is 262 Å². The molecule has 0 spiro atoms. The summed E-state index contributed by atoms with van der Waals surface area (Å²) in [7, 11) is 0. The number of anilines is 3. The number of nitrogens with one attached hydrogen (secondary N) is 4. The summed E-state index contributed by atoms with van der Waals surface area (Å²) in [6.45, 7) is 6.68. The Morgan fingerprint density at radius 3 is 2.29 bits per heavy atom. The van der Waals surface area contributed by atoms with E-state index in [4.69, 9.17) is 26.2 Å². The number of hydrogen-bond acceptors (Lipinski definition) is 9. The number of halogens is 4. The molecule has 2 aromatic heterocycles. The van der Waals surface area contributed by atoms with E-state index < -0.39 is 36.2 Å². The minimum Gasteiger partial charge on any atom is -0.489 e. The summed E-state index contributed by atoms with van der Waals surface area (Å²) < 4.78 is 48.8. The van der Waals surface area contributed by atoms with Crippen molar-refractivity contribution in [3.05, 3.63) is 71.9 Å². The van der Waals surface area contributed by atoms with Crippen LogP contribution in [0.25, 0.3) is 0 Å². The number of hydrogen-bond donors (Lipinski definition) is 5. The molecule has 0 aliphatic rings. The second-order valence-electron chi connectivity index (χ2n) is 10.6. The summed E-state index contributed by atoms with van der Waals surface area (Å²) in [5.74, 6) is 1.00. The van der Waals surface area contributed by atoms with Crippen LogP contribution in [0.15, 0.2) is 60.8 Å². The third kappa shape index (κ3) is 12.8. The molecule has 12 nitrogen and oxygen atoms in total. The van der Waals surface area contributed by atoms with Gasteiger partial charge < -0.3 is 35.8 Å². The van der Waals surface area contributed by atoms with Crippen molar-refractivity contribution in [1.29, 1.82) is 0 Å². The molecule has 0 fully saturated rings. The van der Waals surface area contributed by atoms with Crippen molar-refractivity contribution in [3.8, 4) is 11.8 Å². The lowest BCUT2D eigenvalue weighted by molar-refractivity contribution is -0.154. The van der Waals surface area contributed by atoms with Crippen LogP contribution >= 0.6 is 11.6 Å². The molecule has 0 atom stereocenters. The first-order valence-corrected chi connectivity index (χ1v) is 14.0. The van der Waals surface area contributed by atoms with Crippen LogP contribution in [0.3, 0.4) is 0 Å². The van der Waals surface area contributed by atoms with Crippen molar-refractivity contribution < 1.29 is 37.3 Å². The average molecular weight is 652 g/mol. The highest BCUT2D eigenvalue weighted by Gasteiger charge is 2.29. The standard InChI is InChI=1S/C29H33ClF3N7O5/c1-18(11-30)14-44-21-7-4-19(5-8-21)12-34-23-10-24(40-26(39-23)45-17-29(31,32)33)38-22-9-6-20(13-35-22)25(41)36-15-28(2,3)16-37-27(42)43/h4-10,13,37H,1,11-12,14-17H2,2-3H3,(H,36,41)(H,42,43)(H2,34,35,38,39,40). The number of aromatic nitrogens is 3. The first-order valence-electron chi connectivity index (χ1n) is 13.5. The smallest absolute Gasteiger partial charge is 0.422 e. The van der Waals surface area contributed by atoms with Gasteiger partial charge in [-0.2, -0.15) is 23.1 Å². The molecule has 3 aromatic rings. The lowest BCUT2D eigenvalue weighted by Crippen LogP contribution is -2.41. The third-order valence-corrected chi connectivity index (χ3v) is 6.20. The van der Waals surface area contributed by atoms with Crippen LogP contribution in [0.1, 0.15) is 29.8 Å². The van der Waals surface area contributed by atoms with Crippen molar-refractivity contribution in [2.45, 2.75) is 26.6 Å². The molecular formula is C29H33ClF3N7O5. The van der Waals surface area contributed by atoms with E-state index in [2.05, 4.69) is 42.8 Å². The van der Waals surface area contributed by atoms with Gasteiger partial charge in [0, 0.05) is 37.8 Å². The first kappa shape index (κ1) is 34.7. The number of pyridine rings is 1. The molecule has 3 rings (SSSR count). The molecule has 5 N–H and O–H groups in total. The molecule has 242 valence electrons. The van der Waals surface area contributed by atoms with Gasteiger partial charge in [-0.1, -0.05) is 32.6 Å². The van der Waals surface area contributed by atoms with Crippen LogP contribution < -0.4 is 30.7 Å². The molecule has 0 unspecified atom stereocenters. The van der Waals surface area contributed by atoms with Gasteiger partial charge in [0.15, 0.2) is 6.61 Å². The SMILES string of the molecule is C=C(CCl)COc1ccc(CNc2cc(Nc3ccc(C(=O)NCC(C)(C)CNC(=O)O)cn3)nc(OCC(F)(F)F)n2)cc1. The summed E-state index contributed by atoms with van der Waals surface area (Å²) >= 11 is 5.71. The van der Waals surface area contributed by atoms with Crippen molar-refractivity contribution in [2.24, 2.45) is 5.41 Å². The van der Waals surface area contributed by atoms with Gasteiger partial charge in [0.05, 0.1) is 5.56 Å². The van der Waals surface area contributed by atoms with Gasteiger partial charge in [-0.05, 0) is 40.8 Å². The minimum absolute atomic E-state index is 0.0883. The van der Waals surface area contributed by atoms with Crippen LogP contribution in [0.2, 0.25) is 0 Å². The van der Waals surface area contributed by atoms with Crippen molar-refractivity contribution in [1.82, 2.24) is 25.6 Å². The van der Waals surface area contributed by atoms with Gasteiger partial charge in [-0.25, -0.2) is 9.78 Å². The maximum atomic E-state index is 12.8. The van der Waals surface area contributed by atoms with Gasteiger partial charge in [0.1, 0.15) is 29.8 Å². The van der Waals surface area contributed by atoms with Crippen molar-refractivity contribution in [2.75, 3.05) is 42.8 Å². The Morgan fingerprint density at radius 1 is 0.978 bits per heavy atom. The van der Waals surface area contributed by atoms with Gasteiger partial charge in [0.2, 0.25) is 0 Å². The Hall–Kier alpha value is -4.79. The van der Waals surface area contributed by atoms with Crippen LogP contribution in [-0.2, 0) is 6.54 Å². The highest BCUT2D eigenvalue weighted by molar-refractivity contribution is 6.19. The van der Waals surface area contributed by atoms with E-state index in [1.807, 2.05) is 12.1 Å². The van der Waals surface area contributed by atoms with E-state index in [9.17, 15) is 22.8 Å². The second kappa shape index (κ2) is 15.8. The largest absolute Gasteiger partial charge is 0.489 e. The monoisotopic (exact) mass is 651 g/mol. The fourth-order valence-electron chi connectivity index (χ4n) is 3.44. The molecule has 1 aromatic carbocycles. The lowest BCUT2D eigenvalue weighted by Gasteiger charge is -2.24. The maximum absolute atomic E-state index is 12.8. The number of ether oxygens (including phenoxy) is 2. The number of benzene rings is 1. The molecule has 45 heavy (non-hydrogen) atoms. The fraction of sp³-hybridized carbons (Fsp3) is 0.345. The zero-order valence-electron chi connectivity index (χ0n) is 24.5. The molecule has 2 heterocycles. The molecule has 0 saturated carbocycles. The molecule has 2 amide bonds. The second-order valence-corrected chi connectivity index (χ2v) is 10.8. The zero-order chi connectivity index (χ0) is 33.0. The predicted molar refractivity (Wildman–Crippen MR) is 162 cm³/mol. The predicted octanol–water partition coefficient (Wildman–Crippen LogP) is 5.37. The van der Waals surface area contributed by atoms with E-state index >= 15 is 0 Å². The van der Waals surface area contributed by atoms with E-state index in [0.717, 1.165) is 11.1 Å². The van der Waals surface area contributed by atoms with Gasteiger partial charge in [-0.15, -0.1) is 11.6 Å². The summed E-state index contributed by atoms with van der Waals surface area (Å²) in [5.41, 5.74) is 1.27. The number of carbonyl (C=O) groups is 2. The van der Waals surface area contributed by atoms with Gasteiger partial charge in [0.25, 0.3) is 5.91 Å². The number of rotatable bonds is 16. The molecule has 0 aliphatic heterocycles. The summed E-state index contributed by atoms with van der Waals surface area (Å²) in [5, 5.41) is 19.7. The van der Waals surface area contributed by atoms with Crippen molar-refractivity contribution >= 4 is 41.1 Å². The zero-order valence-corrected chi connectivity index (χ0v) is 25.3. The van der Waals surface area contributed by atoms with Crippen LogP contribution in [0.4, 0.5) is 35.4 Å². The Morgan fingerprint density at radius 2 is 1.67 bits per heavy atom. The highest BCUT2D eigenvalue weighted by atomic mass is 35.5. The topological polar surface area (TPSA) is 160 Å². The number of carboxylic acid groups (broad SMARTS) is 1. The van der Waals surface area contributed by atoms with Crippen LogP contribution in [-0.4, -0.2) is 70.4 Å². The van der Waals surface area contributed by atoms with E-state index in [-0.39, 0.29) is 49.3 Å². The first-order chi connectivity index (χ1) is 21.2. The van der Waals surface area contributed by atoms with Crippen LogP contribution in [0, 0.1) is 5.41 Å². The van der Waals surface area contributed by atoms with E-state index in [1.54, 1.807) is 26.0 Å². The lowest BCUT2D eigenvalue weighted by atomic mass is 9.93. The fourth-order valence-corrected chi connectivity index (χ4v) is 3.52. The molecule has 0 bridgehead atoms. The normalized spacial score (nSPS) is 11.3. The Bertz CT molecular complexity index is 1460. The summed E-state index contributed by atoms with van der Waals surface area (Å²) in [6.07, 6.45) is -4.45. The summed E-state index contributed by atoms with van der Waals surface area (Å²) in [4.78, 5) is 35.5. The molecule has 0 saturated heterocycles. The van der Waals surface area contributed by atoms with E-state index in [1.165, 1.54) is 24.4 Å². The Kier molecular flexibility index (Phi) is 12.2. The maximum Gasteiger partial charge on any atom is 0.422 e. The number of carbonyl (C=O) groups excluding carboxylic acids is 1. The molecule has 0 aliphatic carbocycles. The molecule has 0 radical (unpaired) electrons. The average Bonchev–Trinajstić information content (AvgIpc) is 3.00. The molecule has 16 heteroatoms. The number of nitrogens with zero attached hydrogens (tertiary/aromatic N) is 3. The third-order valence-electron chi connectivity index (χ3n) is 5.83. The van der Waals surface area contributed by atoms with Gasteiger partial charge in [-0.3, -0.25) is 4.79 Å². The Balaban J connectivity index is 1.66. The number of amides is 2. The quantitative estimate of drug-likeness (QED) is 0.101. The highest BCUT2D eigenvalue weighted by Crippen LogP contribution is 2.23. The molecular weight excluding hydrogens is 619 g/mol. The van der Waals surface area contributed by atoms with E-state index in [0.29, 0.717) is 11.6 Å². The van der Waals surface area contributed by atoms with Crippen molar-refractivity contribution in [3.63, 3.8) is 0 Å². The number of alkyl halides is 4. The van der Waals surface area contributed by atoms with Gasteiger partial charge >= 0.3 is 18.3 Å². The summed E-state index contributed by atoms with van der Waals surface area (Å²) in [6, 6.07) is 11.1. The minimum atomic E-state index is -4.60.